The molecule has 10 heterocycles. The first kappa shape index (κ1) is 117. The van der Waals surface area contributed by atoms with Crippen LogP contribution in [-0.4, -0.2) is 249 Å². The van der Waals surface area contributed by atoms with Crippen molar-refractivity contribution in [3.05, 3.63) is 0 Å². The fourth-order valence-electron chi connectivity index (χ4n) is 10.9. The maximum Gasteiger partial charge on any atom is 0.305 e. The number of unbranched alkanes of at least 4 members (excludes halogenated alkanes) is 19. The summed E-state index contributed by atoms with van der Waals surface area (Å²) in [6.45, 7) is 41.1. The fraction of sp³-hybridized carbons (Fsp3) is 0.895. The van der Waals surface area contributed by atoms with Crippen molar-refractivity contribution >= 4 is 59.7 Å². The Labute approximate surface area is 750 Å². The molecule has 10 saturated heterocycles. The maximum atomic E-state index is 11.2. The Morgan fingerprint density at radius 1 is 0.200 bits per heavy atom. The first-order chi connectivity index (χ1) is 60.2. The van der Waals surface area contributed by atoms with Crippen molar-refractivity contribution in [1.29, 1.82) is 0 Å². The van der Waals surface area contributed by atoms with Crippen LogP contribution in [0.3, 0.4) is 0 Å². The first-order valence-electron chi connectivity index (χ1n) is 48.2. The van der Waals surface area contributed by atoms with E-state index in [0.717, 1.165) is 135 Å². The minimum Gasteiger partial charge on any atom is -0.463 e. The molecule has 0 aromatic rings. The van der Waals surface area contributed by atoms with Crippen molar-refractivity contribution < 1.29 is 143 Å². The third-order valence-corrected chi connectivity index (χ3v) is 20.6. The largest absolute Gasteiger partial charge is 0.463 e. The van der Waals surface area contributed by atoms with E-state index < -0.39 is 0 Å². The minimum absolute atomic E-state index is 0.0722. The summed E-state index contributed by atoms with van der Waals surface area (Å²) >= 11 is 0. The quantitative estimate of drug-likeness (QED) is 0.0236. The van der Waals surface area contributed by atoms with Crippen LogP contribution in [0.2, 0.25) is 0 Å². The molecule has 0 aliphatic carbocycles. The van der Waals surface area contributed by atoms with E-state index in [1.807, 2.05) is 48.5 Å². The monoisotopic (exact) mass is 1790 g/mol. The van der Waals surface area contributed by atoms with Crippen molar-refractivity contribution in [3.8, 4) is 0 Å². The standard InChI is InChI=1S/C12H22O3.2C11H20O3.2C10H18O3.2C9H16O3.2C8H14O3.C7H12O3/c1-3-4-5-6-7-8-12(13)14-9-11-10(2)15-11;1-3-4-5-6-7-11(12)13-8-10-9(2)14-10;1-2-3-4-5-6-7-11(12)14-9-10-8-13-10;1-3-4-5-6-10(11)12-7-9-8(2)13-9;1-2-3-4-5-6-10(11)13-8-9-7-12-9;1-3-4-5-9(10)11-6-8-7(2)12-8;1-2-3-4-5-9(10)12-7-8-6-11-8;1-3-4-8(9)10-5-7-6(2)11-7;1-3-6-7(11-6)5-10-8(9)4-2;1-3-7(8)9-4-6-5(2)10-6/h10-11H,3-9H2,1-2H3;9-10H,3-8H2,1-2H3;10H,2-9H2,1H3;8-9H,3-7H2,1-2H3;9H,2-8H2,1H3;7-8H,3-6H2,1-2H3;8H,2-7H2,1H3;2*6-7H,3-5H2,1-2H3;5-6H,3-4H2,1-2H3. The highest BCUT2D eigenvalue weighted by Gasteiger charge is 2.40. The van der Waals surface area contributed by atoms with Crippen molar-refractivity contribution in [3.63, 3.8) is 0 Å². The summed E-state index contributed by atoms with van der Waals surface area (Å²) in [7, 11) is 0. The van der Waals surface area contributed by atoms with Gasteiger partial charge in [0, 0.05) is 64.2 Å². The number of hydrogen-bond acceptors (Lipinski definition) is 30. The van der Waals surface area contributed by atoms with Gasteiger partial charge in [-0.15, -0.1) is 0 Å². The Morgan fingerprint density at radius 3 is 0.568 bits per heavy atom. The molecule has 30 nitrogen and oxygen atoms in total. The zero-order valence-corrected chi connectivity index (χ0v) is 80.1. The molecule has 0 bridgehead atoms. The number of rotatable bonds is 58. The van der Waals surface area contributed by atoms with Crippen LogP contribution in [0.5, 0.6) is 0 Å². The topological polar surface area (TPSA) is 388 Å². The van der Waals surface area contributed by atoms with Gasteiger partial charge in [-0.2, -0.15) is 0 Å². The van der Waals surface area contributed by atoms with E-state index in [0.29, 0.717) is 136 Å². The number of hydrogen-bond donors (Lipinski definition) is 0. The van der Waals surface area contributed by atoms with Gasteiger partial charge in [-0.25, -0.2) is 0 Å². The van der Waals surface area contributed by atoms with E-state index in [2.05, 4.69) is 55.4 Å². The lowest BCUT2D eigenvalue weighted by molar-refractivity contribution is -0.145. The molecule has 0 spiro atoms. The lowest BCUT2D eigenvalue weighted by atomic mass is 10.1. The van der Waals surface area contributed by atoms with Gasteiger partial charge in [0.2, 0.25) is 0 Å². The first-order valence-corrected chi connectivity index (χ1v) is 48.2. The molecule has 125 heavy (non-hydrogen) atoms. The molecule has 0 aromatic carbocycles. The van der Waals surface area contributed by atoms with Crippen molar-refractivity contribution in [2.24, 2.45) is 0 Å². The molecule has 10 fully saturated rings. The lowest BCUT2D eigenvalue weighted by Gasteiger charge is -2.02. The third kappa shape index (κ3) is 76.8. The highest BCUT2D eigenvalue weighted by atomic mass is 16.7. The van der Waals surface area contributed by atoms with Crippen LogP contribution in [0.4, 0.5) is 0 Å². The second kappa shape index (κ2) is 76.0. The summed E-state index contributed by atoms with van der Waals surface area (Å²) in [5.41, 5.74) is 0. The molecule has 0 N–H and O–H groups in total. The Morgan fingerprint density at radius 2 is 0.376 bits per heavy atom. The molecule has 10 aliphatic rings. The van der Waals surface area contributed by atoms with Gasteiger partial charge in [0.15, 0.2) is 0 Å². The van der Waals surface area contributed by atoms with Gasteiger partial charge in [-0.1, -0.05) is 198 Å². The second-order valence-corrected chi connectivity index (χ2v) is 33.0. The zero-order valence-electron chi connectivity index (χ0n) is 80.1. The summed E-state index contributed by atoms with van der Waals surface area (Å²) in [6.07, 6.45) is 39.9. The third-order valence-electron chi connectivity index (χ3n) is 20.6. The Hall–Kier alpha value is -5.70. The predicted octanol–water partition coefficient (Wildman–Crippen LogP) is 17.0. The van der Waals surface area contributed by atoms with E-state index in [4.69, 9.17) is 94.7 Å². The molecule has 10 aliphatic heterocycles. The van der Waals surface area contributed by atoms with Crippen molar-refractivity contribution in [1.82, 2.24) is 0 Å². The SMILES string of the molecule is CCC(=O)OCC1OC1C.CCC(=O)OCC1OC1CC.CCCC(=O)OCC1OC1C.CCCCC(=O)OCC1OC1C.CCCCCC(=O)OCC1CO1.CCCCCC(=O)OCC1OC1C.CCCCCCC(=O)OCC1CO1.CCCCCCC(=O)OCC1OC1C.CCCCCCCC(=O)OCC1CO1.CCCCCCCC(=O)OCC1OC1C. The molecule has 17 unspecified atom stereocenters. The number of carbonyl (C=O) groups is 10. The van der Waals surface area contributed by atoms with E-state index in [9.17, 15) is 47.9 Å². The van der Waals surface area contributed by atoms with Crippen LogP contribution in [0.1, 0.15) is 362 Å². The highest BCUT2D eigenvalue weighted by molar-refractivity contribution is 5.72. The molecule has 0 amide bonds. The van der Waals surface area contributed by atoms with Gasteiger partial charge in [-0.3, -0.25) is 47.9 Å². The van der Waals surface area contributed by atoms with E-state index in [-0.39, 0.29) is 157 Å². The Bertz CT molecular complexity index is 2780. The van der Waals surface area contributed by atoms with Crippen LogP contribution < -0.4 is 0 Å². The van der Waals surface area contributed by atoms with Gasteiger partial charge >= 0.3 is 59.7 Å². The molecule has 0 aromatic heterocycles. The highest BCUT2D eigenvalue weighted by Crippen LogP contribution is 2.27. The molecule has 10 rings (SSSR count). The van der Waals surface area contributed by atoms with Gasteiger partial charge < -0.3 is 94.7 Å². The van der Waals surface area contributed by atoms with Crippen LogP contribution >= 0.6 is 0 Å². The number of esters is 10. The molecule has 17 atom stereocenters. The summed E-state index contributed by atoms with van der Waals surface area (Å²) in [4.78, 5) is 110. The lowest BCUT2D eigenvalue weighted by Crippen LogP contribution is -2.10. The van der Waals surface area contributed by atoms with Crippen LogP contribution in [0, 0.1) is 0 Å². The summed E-state index contributed by atoms with van der Waals surface area (Å²) in [5, 5.41) is 0. The average Bonchev–Trinajstić information content (AvgIpc) is 1.67. The van der Waals surface area contributed by atoms with Gasteiger partial charge in [-0.05, 0) is 99.3 Å². The van der Waals surface area contributed by atoms with Gasteiger partial charge in [0.25, 0.3) is 0 Å². The smallest absolute Gasteiger partial charge is 0.305 e. The Kier molecular flexibility index (Phi) is 71.4. The number of ether oxygens (including phenoxy) is 20. The molecule has 0 radical (unpaired) electrons. The van der Waals surface area contributed by atoms with E-state index >= 15 is 0 Å². The van der Waals surface area contributed by atoms with Crippen molar-refractivity contribution in [2.45, 2.75) is 465 Å². The summed E-state index contributed by atoms with van der Waals surface area (Å²) in [6, 6.07) is 0. The summed E-state index contributed by atoms with van der Waals surface area (Å²) < 4.78 is 100. The molecular weight excluding hydrogens is 1620 g/mol. The minimum atomic E-state index is -0.150. The fourth-order valence-corrected chi connectivity index (χ4v) is 10.9. The average molecular weight is 1790 g/mol. The van der Waals surface area contributed by atoms with Crippen LogP contribution in [0.25, 0.3) is 0 Å². The normalized spacial score (nSPS) is 24.4. The second-order valence-electron chi connectivity index (χ2n) is 33.0. The van der Waals surface area contributed by atoms with Crippen LogP contribution in [0.15, 0.2) is 0 Å². The van der Waals surface area contributed by atoms with E-state index in [1.54, 1.807) is 13.8 Å². The van der Waals surface area contributed by atoms with Crippen molar-refractivity contribution in [2.75, 3.05) is 85.9 Å². The maximum absolute atomic E-state index is 11.2. The molecule has 30 heteroatoms. The van der Waals surface area contributed by atoms with Gasteiger partial charge in [0.05, 0.1) is 62.5 Å². The Balaban J connectivity index is 0.000000696. The summed E-state index contributed by atoms with van der Waals surface area (Å²) in [5.74, 6) is -0.982. The molecular formula is C95H170O30. The van der Waals surface area contributed by atoms with E-state index in [1.165, 1.54) is 64.2 Å². The molecule has 0 saturated carbocycles. The number of carbonyl (C=O) groups excluding carboxylic acids is 10. The number of epoxide rings is 10. The predicted molar refractivity (Wildman–Crippen MR) is 471 cm³/mol. The van der Waals surface area contributed by atoms with Crippen LogP contribution in [-0.2, 0) is 143 Å². The van der Waals surface area contributed by atoms with Gasteiger partial charge in [0.1, 0.15) is 127 Å². The molecule has 730 valence electrons. The zero-order chi connectivity index (χ0) is 92.8.